The first-order valence-electron chi connectivity index (χ1n) is 4.00. The summed E-state index contributed by atoms with van der Waals surface area (Å²) >= 11 is 2.11. The first kappa shape index (κ1) is 9.76. The van der Waals surface area contributed by atoms with Crippen molar-refractivity contribution in [1.82, 2.24) is 4.98 Å². The highest BCUT2D eigenvalue weighted by Crippen LogP contribution is 2.21. The fraction of sp³-hybridized carbons (Fsp3) is 0.100. The summed E-state index contributed by atoms with van der Waals surface area (Å²) in [6.07, 6.45) is 0. The second kappa shape index (κ2) is 3.42. The van der Waals surface area contributed by atoms with Gasteiger partial charge in [0.1, 0.15) is 5.52 Å². The van der Waals surface area contributed by atoms with E-state index >= 15 is 0 Å². The van der Waals surface area contributed by atoms with Crippen LogP contribution < -0.4 is 0 Å². The molecule has 72 valence electrons. The van der Waals surface area contributed by atoms with Gasteiger partial charge in [-0.1, -0.05) is 0 Å². The van der Waals surface area contributed by atoms with Crippen LogP contribution in [0.25, 0.3) is 10.9 Å². The van der Waals surface area contributed by atoms with Crippen LogP contribution in [0.1, 0.15) is 5.69 Å². The molecule has 0 atom stereocenters. The van der Waals surface area contributed by atoms with E-state index in [-0.39, 0.29) is 5.52 Å². The van der Waals surface area contributed by atoms with Crippen molar-refractivity contribution in [2.45, 2.75) is 6.92 Å². The van der Waals surface area contributed by atoms with Crippen LogP contribution in [0.3, 0.4) is 0 Å². The number of rotatable bonds is 0. The smallest absolute Gasteiger partial charge is 0.184 e. The normalized spacial score (nSPS) is 10.9. The van der Waals surface area contributed by atoms with Crippen LogP contribution in [0.15, 0.2) is 18.2 Å². The summed E-state index contributed by atoms with van der Waals surface area (Å²) in [5.74, 6) is -1.73. The average Bonchev–Trinajstić information content (AvgIpc) is 2.15. The van der Waals surface area contributed by atoms with Gasteiger partial charge in [-0.05, 0) is 47.7 Å². The minimum atomic E-state index is -0.873. The number of nitrogens with zero attached hydrogens (tertiary/aromatic N) is 1. The third kappa shape index (κ3) is 1.47. The predicted octanol–water partition coefficient (Wildman–Crippen LogP) is 3.43. The highest BCUT2D eigenvalue weighted by atomic mass is 127. The lowest BCUT2D eigenvalue weighted by atomic mass is 10.2. The third-order valence-corrected chi connectivity index (χ3v) is 3.10. The second-order valence-electron chi connectivity index (χ2n) is 2.99. The average molecular weight is 305 g/mol. The molecule has 0 spiro atoms. The maximum atomic E-state index is 13.3. The standard InChI is InChI=1S/C10H6F2IN/c1-5-8(13)4-6-2-3-7(11)9(12)10(6)14-5/h2-4H,1H3. The SMILES string of the molecule is Cc1nc2c(F)c(F)ccc2cc1I. The zero-order valence-corrected chi connectivity index (χ0v) is 9.47. The molecule has 1 aromatic heterocycles. The Hall–Kier alpha value is -0.780. The summed E-state index contributed by atoms with van der Waals surface area (Å²) in [4.78, 5) is 4.01. The van der Waals surface area contributed by atoms with Gasteiger partial charge in [0.25, 0.3) is 0 Å². The van der Waals surface area contributed by atoms with E-state index in [9.17, 15) is 8.78 Å². The van der Waals surface area contributed by atoms with Crippen molar-refractivity contribution in [2.75, 3.05) is 0 Å². The molecule has 0 fully saturated rings. The van der Waals surface area contributed by atoms with Gasteiger partial charge in [0.2, 0.25) is 0 Å². The Labute approximate surface area is 93.3 Å². The molecule has 0 aliphatic heterocycles. The lowest BCUT2D eigenvalue weighted by molar-refractivity contribution is 0.515. The van der Waals surface area contributed by atoms with Crippen LogP contribution in [-0.4, -0.2) is 4.98 Å². The second-order valence-corrected chi connectivity index (χ2v) is 4.15. The molecule has 2 aromatic rings. The molecular weight excluding hydrogens is 299 g/mol. The molecule has 0 amide bonds. The zero-order chi connectivity index (χ0) is 10.3. The molecule has 1 nitrogen and oxygen atoms in total. The molecule has 0 aliphatic carbocycles. The predicted molar refractivity (Wildman–Crippen MR) is 59.1 cm³/mol. The summed E-state index contributed by atoms with van der Waals surface area (Å²) in [5, 5.41) is 0.624. The zero-order valence-electron chi connectivity index (χ0n) is 7.31. The van der Waals surface area contributed by atoms with Crippen molar-refractivity contribution < 1.29 is 8.78 Å². The van der Waals surface area contributed by atoms with E-state index in [0.29, 0.717) is 11.1 Å². The minimum Gasteiger partial charge on any atom is -0.249 e. The van der Waals surface area contributed by atoms with Gasteiger partial charge < -0.3 is 0 Å². The van der Waals surface area contributed by atoms with Crippen molar-refractivity contribution in [3.63, 3.8) is 0 Å². The molecule has 0 unspecified atom stereocenters. The summed E-state index contributed by atoms with van der Waals surface area (Å²) in [6, 6.07) is 4.44. The van der Waals surface area contributed by atoms with E-state index in [1.807, 2.05) is 0 Å². The molecule has 14 heavy (non-hydrogen) atoms. The van der Waals surface area contributed by atoms with E-state index in [2.05, 4.69) is 27.6 Å². The van der Waals surface area contributed by atoms with Gasteiger partial charge in [0, 0.05) is 8.96 Å². The first-order valence-corrected chi connectivity index (χ1v) is 5.08. The van der Waals surface area contributed by atoms with Gasteiger partial charge in [-0.3, -0.25) is 0 Å². The van der Waals surface area contributed by atoms with Crippen molar-refractivity contribution in [3.05, 3.63) is 39.1 Å². The fourth-order valence-electron chi connectivity index (χ4n) is 1.25. The number of fused-ring (bicyclic) bond motifs is 1. The Morgan fingerprint density at radius 1 is 1.29 bits per heavy atom. The molecule has 0 bridgehead atoms. The molecule has 0 saturated heterocycles. The van der Waals surface area contributed by atoms with Crippen molar-refractivity contribution in [1.29, 1.82) is 0 Å². The van der Waals surface area contributed by atoms with Crippen LogP contribution in [0.2, 0.25) is 0 Å². The molecule has 0 N–H and O–H groups in total. The number of pyridine rings is 1. The van der Waals surface area contributed by atoms with Gasteiger partial charge in [0.15, 0.2) is 11.6 Å². The van der Waals surface area contributed by atoms with E-state index in [0.717, 1.165) is 9.64 Å². The molecule has 1 heterocycles. The molecule has 1 aromatic carbocycles. The van der Waals surface area contributed by atoms with E-state index < -0.39 is 11.6 Å². The van der Waals surface area contributed by atoms with Crippen LogP contribution in [0, 0.1) is 22.1 Å². The summed E-state index contributed by atoms with van der Waals surface area (Å²) in [5.41, 5.74) is 0.811. The molecular formula is C10H6F2IN. The summed E-state index contributed by atoms with van der Waals surface area (Å²) in [7, 11) is 0. The van der Waals surface area contributed by atoms with Crippen LogP contribution in [0.4, 0.5) is 8.78 Å². The Balaban J connectivity index is 2.89. The maximum Gasteiger partial charge on any atom is 0.184 e. The van der Waals surface area contributed by atoms with Gasteiger partial charge >= 0.3 is 0 Å². The van der Waals surface area contributed by atoms with Crippen molar-refractivity contribution in [2.24, 2.45) is 0 Å². The molecule has 4 heteroatoms. The molecule has 2 rings (SSSR count). The quantitative estimate of drug-likeness (QED) is 0.680. The monoisotopic (exact) mass is 305 g/mol. The number of hydrogen-bond donors (Lipinski definition) is 0. The Bertz CT molecular complexity index is 511. The lowest BCUT2D eigenvalue weighted by Gasteiger charge is -2.03. The Morgan fingerprint density at radius 2 is 2.00 bits per heavy atom. The van der Waals surface area contributed by atoms with E-state index in [1.165, 1.54) is 6.07 Å². The fourth-order valence-corrected chi connectivity index (χ4v) is 1.70. The minimum absolute atomic E-state index is 0.0999. The van der Waals surface area contributed by atoms with E-state index in [1.54, 1.807) is 13.0 Å². The van der Waals surface area contributed by atoms with Gasteiger partial charge in [-0.15, -0.1) is 0 Å². The van der Waals surface area contributed by atoms with E-state index in [4.69, 9.17) is 0 Å². The van der Waals surface area contributed by atoms with Crippen LogP contribution in [-0.2, 0) is 0 Å². The summed E-state index contributed by atoms with van der Waals surface area (Å²) < 4.78 is 27.1. The highest BCUT2D eigenvalue weighted by molar-refractivity contribution is 14.1. The van der Waals surface area contributed by atoms with Gasteiger partial charge in [-0.2, -0.15) is 0 Å². The lowest BCUT2D eigenvalue weighted by Crippen LogP contribution is -1.93. The number of benzene rings is 1. The van der Waals surface area contributed by atoms with Crippen molar-refractivity contribution in [3.8, 4) is 0 Å². The first-order chi connectivity index (χ1) is 6.59. The van der Waals surface area contributed by atoms with Gasteiger partial charge in [-0.25, -0.2) is 13.8 Å². The number of hydrogen-bond acceptors (Lipinski definition) is 1. The van der Waals surface area contributed by atoms with Crippen LogP contribution >= 0.6 is 22.6 Å². The molecule has 0 radical (unpaired) electrons. The maximum absolute atomic E-state index is 13.3. The molecule has 0 saturated carbocycles. The van der Waals surface area contributed by atoms with Crippen LogP contribution in [0.5, 0.6) is 0 Å². The van der Waals surface area contributed by atoms with Gasteiger partial charge in [0.05, 0.1) is 5.69 Å². The topological polar surface area (TPSA) is 12.9 Å². The largest absolute Gasteiger partial charge is 0.249 e. The number of aromatic nitrogens is 1. The van der Waals surface area contributed by atoms with Crippen molar-refractivity contribution >= 4 is 33.5 Å². The number of halogens is 3. The molecule has 0 aliphatic rings. The third-order valence-electron chi connectivity index (χ3n) is 2.01. The Morgan fingerprint density at radius 3 is 2.71 bits per heavy atom. The Kier molecular flexibility index (Phi) is 2.38. The highest BCUT2D eigenvalue weighted by Gasteiger charge is 2.09. The summed E-state index contributed by atoms with van der Waals surface area (Å²) in [6.45, 7) is 1.77. The number of aryl methyl sites for hydroxylation is 1.